The Bertz CT molecular complexity index is 2440. The lowest BCUT2D eigenvalue weighted by Gasteiger charge is -2.37. The van der Waals surface area contributed by atoms with Gasteiger partial charge in [-0.25, -0.2) is 15.0 Å². The van der Waals surface area contributed by atoms with Crippen LogP contribution in [0.5, 0.6) is 0 Å². The van der Waals surface area contributed by atoms with Crippen molar-refractivity contribution in [3.63, 3.8) is 0 Å². The molecule has 0 aliphatic carbocycles. The second kappa shape index (κ2) is 22.8. The first-order valence-corrected chi connectivity index (χ1v) is 25.0. The van der Waals surface area contributed by atoms with Gasteiger partial charge in [-0.05, 0) is 75.1 Å². The van der Waals surface area contributed by atoms with Gasteiger partial charge < -0.3 is 47.6 Å². The Morgan fingerprint density at radius 3 is 2.38 bits per heavy atom. The van der Waals surface area contributed by atoms with Crippen molar-refractivity contribution in [2.45, 2.75) is 133 Å². The number of rotatable bonds is 18. The minimum Gasteiger partial charge on any atom is -0.391 e. The number of unbranched alkanes of at least 4 members (excludes halogenated alkanes) is 2. The summed E-state index contributed by atoms with van der Waals surface area (Å²) in [6, 6.07) is 10.8. The van der Waals surface area contributed by atoms with Gasteiger partial charge in [-0.2, -0.15) is 0 Å². The van der Waals surface area contributed by atoms with Crippen molar-refractivity contribution in [2.75, 3.05) is 42.1 Å². The Morgan fingerprint density at radius 2 is 1.72 bits per heavy atom. The molecule has 4 atom stereocenters. The number of nitrogens with one attached hydrogen (secondary N) is 4. The topological polar surface area (TPSA) is 251 Å². The first kappa shape index (κ1) is 52.0. The second-order valence-electron chi connectivity index (χ2n) is 19.0. The zero-order valence-electron chi connectivity index (χ0n) is 39.6. The van der Waals surface area contributed by atoms with Crippen molar-refractivity contribution in [2.24, 2.45) is 11.1 Å². The molecule has 5 amide bonds. The molecule has 4 aromatic rings. The molecule has 2 aliphatic rings. The van der Waals surface area contributed by atoms with Crippen LogP contribution >= 0.6 is 34.7 Å². The second-order valence-corrected chi connectivity index (χ2v) is 21.3. The van der Waals surface area contributed by atoms with E-state index in [1.807, 2.05) is 71.3 Å². The van der Waals surface area contributed by atoms with Crippen LogP contribution in [-0.4, -0.2) is 104 Å². The third-order valence-corrected chi connectivity index (χ3v) is 14.8. The van der Waals surface area contributed by atoms with E-state index < -0.39 is 47.7 Å². The molecule has 2 aromatic heterocycles. The number of anilines is 3. The van der Waals surface area contributed by atoms with Gasteiger partial charge in [-0.1, -0.05) is 80.9 Å². The lowest BCUT2D eigenvalue weighted by Crippen LogP contribution is -2.57. The average Bonchev–Trinajstić information content (AvgIpc) is 3.90. The summed E-state index contributed by atoms with van der Waals surface area (Å²) in [7, 11) is 0. The molecule has 4 unspecified atom stereocenters. The predicted octanol–water partition coefficient (Wildman–Crippen LogP) is 5.99. The van der Waals surface area contributed by atoms with Gasteiger partial charge in [-0.15, -0.1) is 11.3 Å². The van der Waals surface area contributed by atoms with E-state index in [4.69, 9.17) is 23.1 Å². The highest BCUT2D eigenvalue weighted by Gasteiger charge is 2.44. The van der Waals surface area contributed by atoms with E-state index in [-0.39, 0.29) is 53.6 Å². The number of likely N-dealkylation sites (tertiary alicyclic amines) is 1. The van der Waals surface area contributed by atoms with Crippen LogP contribution in [0.3, 0.4) is 0 Å². The highest BCUT2D eigenvalue weighted by molar-refractivity contribution is 7.99. The average molecular weight is 991 g/mol. The number of amides is 5. The number of aliphatic hydroxyl groups excluding tert-OH is 1. The van der Waals surface area contributed by atoms with Gasteiger partial charge in [0.25, 0.3) is 0 Å². The number of benzene rings is 2. The number of aromatic nitrogens is 3. The zero-order valence-corrected chi connectivity index (χ0v) is 42.0. The number of halogens is 1. The number of nitrogen functional groups attached to an aromatic ring is 1. The van der Waals surface area contributed by atoms with Crippen LogP contribution in [0.15, 0.2) is 64.1 Å². The molecule has 0 bridgehead atoms. The number of aliphatic hydroxyl groups is 1. The molecule has 6 rings (SSSR count). The number of thiazole rings is 1. The maximum atomic E-state index is 14.1. The van der Waals surface area contributed by atoms with Crippen LogP contribution in [0.1, 0.15) is 103 Å². The number of carbonyl (C=O) groups is 5. The molecule has 0 radical (unpaired) electrons. The van der Waals surface area contributed by atoms with E-state index in [1.54, 1.807) is 35.7 Å². The van der Waals surface area contributed by atoms with E-state index in [2.05, 4.69) is 41.1 Å². The number of β-amino-alcohol motifs (C(OH)–C–C–N with tert-alkyl or cyclic N) is 1. The summed E-state index contributed by atoms with van der Waals surface area (Å²) in [5.41, 5.74) is 16.7. The Hall–Kier alpha value is -5.34. The molecule has 4 heterocycles. The van der Waals surface area contributed by atoms with Gasteiger partial charge in [0, 0.05) is 49.5 Å². The highest BCUT2D eigenvalue weighted by Crippen LogP contribution is 2.39. The van der Waals surface area contributed by atoms with Gasteiger partial charge >= 0.3 is 0 Å². The minimum atomic E-state index is -0.947. The third kappa shape index (κ3) is 13.9. The first-order chi connectivity index (χ1) is 32.2. The molecule has 68 heavy (non-hydrogen) atoms. The van der Waals surface area contributed by atoms with Crippen molar-refractivity contribution in [3.05, 3.63) is 70.5 Å². The normalized spacial score (nSPS) is 17.8. The molecule has 2 fully saturated rings. The maximum Gasteiger partial charge on any atom is 0.246 e. The van der Waals surface area contributed by atoms with Crippen LogP contribution in [-0.2, 0) is 24.0 Å². The van der Waals surface area contributed by atoms with Gasteiger partial charge in [0.1, 0.15) is 29.3 Å². The lowest BCUT2D eigenvalue weighted by molar-refractivity contribution is -0.144. The number of nitrogens with two attached hydrogens (primary N) is 2. The van der Waals surface area contributed by atoms with Crippen molar-refractivity contribution < 1.29 is 29.1 Å². The van der Waals surface area contributed by atoms with E-state index in [9.17, 15) is 29.1 Å². The van der Waals surface area contributed by atoms with E-state index in [1.165, 1.54) is 16.7 Å². The van der Waals surface area contributed by atoms with Gasteiger partial charge in [0.15, 0.2) is 5.82 Å². The van der Waals surface area contributed by atoms with Gasteiger partial charge in [0.2, 0.25) is 29.5 Å². The fraction of sp³-hybridized carbons (Fsp3) is 0.500. The van der Waals surface area contributed by atoms with Crippen LogP contribution in [0.4, 0.5) is 17.3 Å². The van der Waals surface area contributed by atoms with Crippen LogP contribution in [0, 0.1) is 12.3 Å². The molecule has 20 heteroatoms. The standard InChI is InChI=1S/C48H64ClN11O6S2/c1-28(30-14-16-31(17-15-30)41-29(2)54-27-67-41)55-44(65)34-23-32(61)26-60(34)46(66)42(47(3,4)5)58-37(62)13-8-7-9-20-52-38(63)24-39(64)56-33-11-10-12-35(40(33)49)68-45-43(50)57-36(25-53-45)59-21-18-48(6,51)19-22-59/h10-12,14-17,25,27-28,32,34,42,61H,7-9,13,18-24,26,51H2,1-6H3,(H2,50,57)(H,52,63)(H,55,65)(H,56,64)(H,58,62). The molecule has 0 saturated carbocycles. The summed E-state index contributed by atoms with van der Waals surface area (Å²) < 4.78 is 0. The number of carbonyl (C=O) groups excluding carboxylic acids is 5. The fourth-order valence-corrected chi connectivity index (χ4v) is 10.0. The number of nitrogens with zero attached hydrogens (tertiary/aromatic N) is 5. The monoisotopic (exact) mass is 989 g/mol. The smallest absolute Gasteiger partial charge is 0.246 e. The molecule has 2 saturated heterocycles. The highest BCUT2D eigenvalue weighted by atomic mass is 35.5. The third-order valence-electron chi connectivity index (χ3n) is 12.2. The zero-order chi connectivity index (χ0) is 49.3. The summed E-state index contributed by atoms with van der Waals surface area (Å²) in [6.45, 7) is 13.2. The molecule has 366 valence electrons. The summed E-state index contributed by atoms with van der Waals surface area (Å²) in [6.07, 6.45) is 3.91. The van der Waals surface area contributed by atoms with E-state index in [0.717, 1.165) is 47.6 Å². The maximum absolute atomic E-state index is 14.1. The number of hydrogen-bond acceptors (Lipinski definition) is 14. The van der Waals surface area contributed by atoms with Crippen LogP contribution in [0.2, 0.25) is 5.02 Å². The summed E-state index contributed by atoms with van der Waals surface area (Å²) in [5.74, 6) is -1.21. The molecular weight excluding hydrogens is 926 g/mol. The van der Waals surface area contributed by atoms with Gasteiger partial charge in [-0.3, -0.25) is 24.0 Å². The van der Waals surface area contributed by atoms with Crippen LogP contribution in [0.25, 0.3) is 10.4 Å². The minimum absolute atomic E-state index is 0.0265. The molecule has 0 spiro atoms. The molecule has 9 N–H and O–H groups in total. The molecular formula is C48H64ClN11O6S2. The number of aryl methyl sites for hydroxylation is 1. The van der Waals surface area contributed by atoms with Crippen molar-refractivity contribution in [1.82, 2.24) is 35.8 Å². The van der Waals surface area contributed by atoms with Crippen molar-refractivity contribution in [1.29, 1.82) is 0 Å². The van der Waals surface area contributed by atoms with Crippen LogP contribution < -0.4 is 37.6 Å². The van der Waals surface area contributed by atoms with Gasteiger partial charge in [0.05, 0.1) is 45.1 Å². The molecule has 17 nitrogen and oxygen atoms in total. The molecule has 2 aliphatic heterocycles. The van der Waals surface area contributed by atoms with Crippen molar-refractivity contribution >= 4 is 81.6 Å². The largest absolute Gasteiger partial charge is 0.391 e. The van der Waals surface area contributed by atoms with Crippen molar-refractivity contribution in [3.8, 4) is 10.4 Å². The predicted molar refractivity (Wildman–Crippen MR) is 267 cm³/mol. The quantitative estimate of drug-likeness (QED) is 0.0448. The summed E-state index contributed by atoms with van der Waals surface area (Å²) in [4.78, 5) is 85.0. The fourth-order valence-electron chi connectivity index (χ4n) is 8.12. The summed E-state index contributed by atoms with van der Waals surface area (Å²) in [5, 5.41) is 22.7. The number of hydrogen-bond donors (Lipinski definition) is 7. The first-order valence-electron chi connectivity index (χ1n) is 23.0. The Labute approximate surface area is 411 Å². The SMILES string of the molecule is Cc1ncsc1-c1ccc(C(C)NC(=O)C2CC(O)CN2C(=O)C(NC(=O)CCCCCNC(=O)CC(=O)Nc2cccc(Sc3ncc(N4CCC(C)(N)CC4)nc3N)c2Cl)C(C)(C)C)cc1. The number of piperidine rings is 1. The molecule has 2 aromatic carbocycles. The Balaban J connectivity index is 0.906. The van der Waals surface area contributed by atoms with E-state index >= 15 is 0 Å². The van der Waals surface area contributed by atoms with E-state index in [0.29, 0.717) is 47.2 Å². The Kier molecular flexibility index (Phi) is 17.5. The summed E-state index contributed by atoms with van der Waals surface area (Å²) >= 11 is 9.46. The lowest BCUT2D eigenvalue weighted by atomic mass is 9.85. The Morgan fingerprint density at radius 1 is 1.00 bits per heavy atom.